The van der Waals surface area contributed by atoms with E-state index < -0.39 is 6.10 Å². The van der Waals surface area contributed by atoms with Crippen LogP contribution >= 0.6 is 0 Å². The van der Waals surface area contributed by atoms with Crippen LogP contribution in [0.4, 0.5) is 0 Å². The SMILES string of the molecule is CCC(C)C(O)CNC(=O)C12CC3CC(CC(C3)C1)C2. The van der Waals surface area contributed by atoms with E-state index in [4.69, 9.17) is 0 Å². The van der Waals surface area contributed by atoms with Gasteiger partial charge in [-0.25, -0.2) is 0 Å². The summed E-state index contributed by atoms with van der Waals surface area (Å²) in [7, 11) is 0. The molecule has 4 saturated carbocycles. The molecule has 0 aromatic rings. The minimum atomic E-state index is -0.405. The Morgan fingerprint density at radius 3 is 2.15 bits per heavy atom. The van der Waals surface area contributed by atoms with E-state index in [9.17, 15) is 9.90 Å². The first-order valence-electron chi connectivity index (χ1n) is 8.49. The van der Waals surface area contributed by atoms with Gasteiger partial charge in [0, 0.05) is 12.0 Å². The van der Waals surface area contributed by atoms with E-state index in [2.05, 4.69) is 12.2 Å². The molecule has 2 N–H and O–H groups in total. The molecule has 0 saturated heterocycles. The first-order chi connectivity index (χ1) is 9.52. The maximum absolute atomic E-state index is 12.7. The molecular weight excluding hydrogens is 250 g/mol. The van der Waals surface area contributed by atoms with Crippen molar-refractivity contribution in [1.29, 1.82) is 0 Å². The molecule has 4 bridgehead atoms. The van der Waals surface area contributed by atoms with E-state index in [1.54, 1.807) is 0 Å². The summed E-state index contributed by atoms with van der Waals surface area (Å²) >= 11 is 0. The van der Waals surface area contributed by atoms with Crippen molar-refractivity contribution >= 4 is 5.91 Å². The van der Waals surface area contributed by atoms with Gasteiger partial charge in [-0.05, 0) is 62.2 Å². The van der Waals surface area contributed by atoms with Crippen molar-refractivity contribution in [3.63, 3.8) is 0 Å². The standard InChI is InChI=1S/C17H29NO2/c1-3-11(2)15(19)10-18-16(20)17-7-12-4-13(8-17)6-14(5-12)9-17/h11-15,19H,3-10H2,1-2H3,(H,18,20). The third kappa shape index (κ3) is 2.49. The molecule has 0 radical (unpaired) electrons. The molecule has 0 aromatic carbocycles. The van der Waals surface area contributed by atoms with Crippen LogP contribution in [0.15, 0.2) is 0 Å². The van der Waals surface area contributed by atoms with Crippen molar-refractivity contribution in [2.24, 2.45) is 29.1 Å². The number of rotatable bonds is 5. The quantitative estimate of drug-likeness (QED) is 0.813. The Bertz CT molecular complexity index is 344. The number of aliphatic hydroxyl groups excluding tert-OH is 1. The lowest BCUT2D eigenvalue weighted by atomic mass is 9.49. The Morgan fingerprint density at radius 1 is 1.20 bits per heavy atom. The van der Waals surface area contributed by atoms with Crippen LogP contribution in [-0.4, -0.2) is 23.7 Å². The molecule has 4 fully saturated rings. The van der Waals surface area contributed by atoms with Crippen LogP contribution in [-0.2, 0) is 4.79 Å². The summed E-state index contributed by atoms with van der Waals surface area (Å²) in [5.74, 6) is 2.88. The fourth-order valence-electron chi connectivity index (χ4n) is 5.25. The Balaban J connectivity index is 1.60. The summed E-state index contributed by atoms with van der Waals surface area (Å²) in [6, 6.07) is 0. The molecule has 1 amide bonds. The Kier molecular flexibility index (Phi) is 3.83. The predicted octanol–water partition coefficient (Wildman–Crippen LogP) is 2.73. The maximum atomic E-state index is 12.7. The Morgan fingerprint density at radius 2 is 1.70 bits per heavy atom. The average Bonchev–Trinajstić information content (AvgIpc) is 2.41. The number of hydrogen-bond donors (Lipinski definition) is 2. The van der Waals surface area contributed by atoms with Crippen molar-refractivity contribution < 1.29 is 9.90 Å². The zero-order valence-electron chi connectivity index (χ0n) is 12.9. The maximum Gasteiger partial charge on any atom is 0.226 e. The van der Waals surface area contributed by atoms with Gasteiger partial charge in [0.15, 0.2) is 0 Å². The second-order valence-electron chi connectivity index (χ2n) is 7.86. The summed E-state index contributed by atoms with van der Waals surface area (Å²) in [4.78, 5) is 12.7. The lowest BCUT2D eigenvalue weighted by Gasteiger charge is -2.55. The summed E-state index contributed by atoms with van der Waals surface area (Å²) in [6.07, 6.45) is 7.94. The van der Waals surface area contributed by atoms with Crippen molar-refractivity contribution in [2.75, 3.05) is 6.54 Å². The van der Waals surface area contributed by atoms with Crippen LogP contribution in [0.1, 0.15) is 58.8 Å². The lowest BCUT2D eigenvalue weighted by Crippen LogP contribution is -2.54. The first kappa shape index (κ1) is 14.4. The van der Waals surface area contributed by atoms with E-state index in [0.717, 1.165) is 43.4 Å². The van der Waals surface area contributed by atoms with Gasteiger partial charge in [-0.1, -0.05) is 20.3 Å². The molecule has 20 heavy (non-hydrogen) atoms. The minimum absolute atomic E-state index is 0.0794. The fourth-order valence-corrected chi connectivity index (χ4v) is 5.25. The Hall–Kier alpha value is -0.570. The molecule has 0 aliphatic heterocycles. The smallest absolute Gasteiger partial charge is 0.226 e. The van der Waals surface area contributed by atoms with Gasteiger partial charge in [-0.15, -0.1) is 0 Å². The summed E-state index contributed by atoms with van der Waals surface area (Å²) in [6.45, 7) is 4.55. The Labute approximate surface area is 122 Å². The van der Waals surface area contributed by atoms with E-state index in [-0.39, 0.29) is 17.2 Å². The van der Waals surface area contributed by atoms with Crippen LogP contribution in [0, 0.1) is 29.1 Å². The number of carbonyl (C=O) groups excluding carboxylic acids is 1. The number of hydrogen-bond acceptors (Lipinski definition) is 2. The molecule has 3 heteroatoms. The molecular formula is C17H29NO2. The van der Waals surface area contributed by atoms with Crippen molar-refractivity contribution in [3.8, 4) is 0 Å². The lowest BCUT2D eigenvalue weighted by molar-refractivity contribution is -0.146. The van der Waals surface area contributed by atoms with Crippen LogP contribution < -0.4 is 5.32 Å². The molecule has 0 heterocycles. The topological polar surface area (TPSA) is 49.3 Å². The highest BCUT2D eigenvalue weighted by Gasteiger charge is 2.54. The van der Waals surface area contributed by atoms with Gasteiger partial charge in [-0.3, -0.25) is 4.79 Å². The third-order valence-electron chi connectivity index (χ3n) is 6.29. The summed E-state index contributed by atoms with van der Waals surface area (Å²) in [5.41, 5.74) is -0.0794. The number of aliphatic hydroxyl groups is 1. The van der Waals surface area contributed by atoms with E-state index >= 15 is 0 Å². The second-order valence-corrected chi connectivity index (χ2v) is 7.86. The summed E-state index contributed by atoms with van der Waals surface area (Å²) in [5, 5.41) is 13.1. The molecule has 114 valence electrons. The van der Waals surface area contributed by atoms with Gasteiger partial charge < -0.3 is 10.4 Å². The van der Waals surface area contributed by atoms with Gasteiger partial charge in [-0.2, -0.15) is 0 Å². The van der Waals surface area contributed by atoms with Crippen molar-refractivity contribution in [3.05, 3.63) is 0 Å². The van der Waals surface area contributed by atoms with E-state index in [1.807, 2.05) is 6.92 Å². The zero-order valence-corrected chi connectivity index (χ0v) is 12.9. The minimum Gasteiger partial charge on any atom is -0.391 e. The van der Waals surface area contributed by atoms with Gasteiger partial charge in [0.2, 0.25) is 5.91 Å². The highest BCUT2D eigenvalue weighted by molar-refractivity contribution is 5.83. The average molecular weight is 279 g/mol. The first-order valence-corrected chi connectivity index (χ1v) is 8.49. The third-order valence-corrected chi connectivity index (χ3v) is 6.29. The highest BCUT2D eigenvalue weighted by atomic mass is 16.3. The number of amides is 1. The van der Waals surface area contributed by atoms with Crippen LogP contribution in [0.2, 0.25) is 0 Å². The molecule has 4 aliphatic carbocycles. The van der Waals surface area contributed by atoms with Gasteiger partial charge in [0.25, 0.3) is 0 Å². The molecule has 0 spiro atoms. The van der Waals surface area contributed by atoms with Crippen LogP contribution in [0.3, 0.4) is 0 Å². The molecule has 2 atom stereocenters. The van der Waals surface area contributed by atoms with Crippen molar-refractivity contribution in [1.82, 2.24) is 5.32 Å². The fraction of sp³-hybridized carbons (Fsp3) is 0.941. The van der Waals surface area contributed by atoms with E-state index in [0.29, 0.717) is 6.54 Å². The van der Waals surface area contributed by atoms with Crippen LogP contribution in [0.25, 0.3) is 0 Å². The number of nitrogens with one attached hydrogen (secondary N) is 1. The molecule has 3 nitrogen and oxygen atoms in total. The molecule has 4 aliphatic rings. The molecule has 4 rings (SSSR count). The zero-order chi connectivity index (χ0) is 14.3. The van der Waals surface area contributed by atoms with E-state index in [1.165, 1.54) is 19.3 Å². The highest BCUT2D eigenvalue weighted by Crippen LogP contribution is 2.60. The normalized spacial score (nSPS) is 41.5. The van der Waals surface area contributed by atoms with Crippen molar-refractivity contribution in [2.45, 2.75) is 64.9 Å². The second kappa shape index (κ2) is 5.32. The molecule has 0 aromatic heterocycles. The van der Waals surface area contributed by atoms with Crippen LogP contribution in [0.5, 0.6) is 0 Å². The summed E-state index contributed by atoms with van der Waals surface area (Å²) < 4.78 is 0. The van der Waals surface area contributed by atoms with Gasteiger partial charge >= 0.3 is 0 Å². The monoisotopic (exact) mass is 279 g/mol. The number of carbonyl (C=O) groups is 1. The predicted molar refractivity (Wildman–Crippen MR) is 79.1 cm³/mol. The van der Waals surface area contributed by atoms with Gasteiger partial charge in [0.05, 0.1) is 6.10 Å². The largest absolute Gasteiger partial charge is 0.391 e. The molecule has 2 unspecified atom stereocenters. The van der Waals surface area contributed by atoms with Gasteiger partial charge in [0.1, 0.15) is 0 Å².